The molecule has 0 unspecified atom stereocenters. The molecular weight excluding hydrogens is 290 g/mol. The maximum absolute atomic E-state index is 12.2. The van der Waals surface area contributed by atoms with Gasteiger partial charge in [0, 0.05) is 0 Å². The van der Waals surface area contributed by atoms with E-state index in [4.69, 9.17) is 15.2 Å². The second-order valence-corrected chi connectivity index (χ2v) is 6.46. The third-order valence-corrected chi connectivity index (χ3v) is 4.68. The Labute approximate surface area is 124 Å². The summed E-state index contributed by atoms with van der Waals surface area (Å²) in [4.78, 5) is 0.142. The van der Waals surface area contributed by atoms with Crippen molar-refractivity contribution in [3.8, 4) is 11.5 Å². The van der Waals surface area contributed by atoms with Crippen molar-refractivity contribution in [2.75, 3.05) is 25.2 Å². The van der Waals surface area contributed by atoms with Gasteiger partial charge in [-0.3, -0.25) is 0 Å². The minimum absolute atomic E-state index is 0.0585. The van der Waals surface area contributed by atoms with Gasteiger partial charge in [0.25, 0.3) is 0 Å². The van der Waals surface area contributed by atoms with Gasteiger partial charge in [-0.25, -0.2) is 8.42 Å². The van der Waals surface area contributed by atoms with Gasteiger partial charge in [-0.05, 0) is 36.4 Å². The molecule has 2 aromatic carbocycles. The number of ether oxygens (including phenoxy) is 2. The van der Waals surface area contributed by atoms with E-state index in [0.717, 1.165) is 0 Å². The first kappa shape index (κ1) is 15.2. The fourth-order valence-corrected chi connectivity index (χ4v) is 3.05. The Hall–Kier alpha value is -2.21. The molecule has 2 aromatic rings. The number of nitrogens with two attached hydrogens (primary N) is 1. The minimum Gasteiger partial charge on any atom is -0.497 e. The lowest BCUT2D eigenvalue weighted by atomic mass is 10.3. The first-order chi connectivity index (χ1) is 10.0. The fourth-order valence-electron chi connectivity index (χ4n) is 1.81. The molecule has 0 radical (unpaired) electrons. The summed E-state index contributed by atoms with van der Waals surface area (Å²) in [7, 11) is -1.87. The quantitative estimate of drug-likeness (QED) is 0.827. The van der Waals surface area contributed by atoms with E-state index in [2.05, 4.69) is 0 Å². The van der Waals surface area contributed by atoms with E-state index in [1.165, 1.54) is 6.07 Å². The minimum atomic E-state index is -3.45. The largest absolute Gasteiger partial charge is 0.497 e. The molecule has 2 N–H and O–H groups in total. The van der Waals surface area contributed by atoms with Crippen molar-refractivity contribution in [1.82, 2.24) is 0 Å². The second-order valence-electron chi connectivity index (χ2n) is 4.38. The van der Waals surface area contributed by atoms with Crippen LogP contribution in [0.2, 0.25) is 0 Å². The molecule has 0 spiro atoms. The first-order valence-corrected chi connectivity index (χ1v) is 8.02. The number of hydrogen-bond acceptors (Lipinski definition) is 5. The van der Waals surface area contributed by atoms with Gasteiger partial charge in [-0.2, -0.15) is 0 Å². The van der Waals surface area contributed by atoms with Crippen molar-refractivity contribution >= 4 is 15.5 Å². The molecule has 0 saturated heterocycles. The predicted octanol–water partition coefficient (Wildman–Crippen LogP) is 2.13. The highest BCUT2D eigenvalue weighted by atomic mass is 32.2. The molecule has 0 fully saturated rings. The molecule has 0 aliphatic carbocycles. The molecule has 2 rings (SSSR count). The highest BCUT2D eigenvalue weighted by Crippen LogP contribution is 2.20. The van der Waals surface area contributed by atoms with Gasteiger partial charge < -0.3 is 15.2 Å². The van der Waals surface area contributed by atoms with E-state index in [0.29, 0.717) is 11.5 Å². The molecule has 0 aliphatic heterocycles. The summed E-state index contributed by atoms with van der Waals surface area (Å²) in [5.41, 5.74) is 5.94. The van der Waals surface area contributed by atoms with Gasteiger partial charge in [0.05, 0.1) is 23.4 Å². The predicted molar refractivity (Wildman–Crippen MR) is 81.4 cm³/mol. The first-order valence-electron chi connectivity index (χ1n) is 6.37. The highest BCUT2D eigenvalue weighted by Gasteiger charge is 2.17. The summed E-state index contributed by atoms with van der Waals surface area (Å²) >= 11 is 0. The molecule has 21 heavy (non-hydrogen) atoms. The normalized spacial score (nSPS) is 11.1. The number of rotatable bonds is 6. The summed E-state index contributed by atoms with van der Waals surface area (Å²) in [5.74, 6) is 1.17. The van der Waals surface area contributed by atoms with E-state index in [1.807, 2.05) is 0 Å². The number of methoxy groups -OCH3 is 1. The monoisotopic (exact) mass is 307 g/mol. The molecule has 0 aliphatic rings. The van der Waals surface area contributed by atoms with Crippen LogP contribution in [0, 0.1) is 0 Å². The second kappa shape index (κ2) is 6.49. The van der Waals surface area contributed by atoms with Gasteiger partial charge >= 0.3 is 0 Å². The van der Waals surface area contributed by atoms with E-state index in [9.17, 15) is 8.42 Å². The lowest BCUT2D eigenvalue weighted by molar-refractivity contribution is 0.339. The molecule has 112 valence electrons. The summed E-state index contributed by atoms with van der Waals surface area (Å²) in [6, 6.07) is 13.4. The topological polar surface area (TPSA) is 78.6 Å². The fraction of sp³-hybridized carbons (Fsp3) is 0.200. The van der Waals surface area contributed by atoms with Crippen LogP contribution in [0.5, 0.6) is 11.5 Å². The Bertz CT molecular complexity index is 696. The lowest BCUT2D eigenvalue weighted by Crippen LogP contribution is -2.15. The summed E-state index contributed by atoms with van der Waals surface area (Å²) in [6.07, 6.45) is 0. The smallest absolute Gasteiger partial charge is 0.183 e. The number of hydrogen-bond donors (Lipinski definition) is 1. The number of sulfone groups is 1. The van der Waals surface area contributed by atoms with Gasteiger partial charge in [0.15, 0.2) is 9.84 Å². The maximum atomic E-state index is 12.2. The van der Waals surface area contributed by atoms with E-state index >= 15 is 0 Å². The zero-order valence-corrected chi connectivity index (χ0v) is 12.5. The van der Waals surface area contributed by atoms with Crippen molar-refractivity contribution in [2.24, 2.45) is 0 Å². The van der Waals surface area contributed by atoms with Crippen molar-refractivity contribution in [3.05, 3.63) is 48.5 Å². The van der Waals surface area contributed by atoms with Crippen LogP contribution < -0.4 is 15.2 Å². The van der Waals surface area contributed by atoms with Crippen LogP contribution >= 0.6 is 0 Å². The van der Waals surface area contributed by atoms with E-state index in [1.54, 1.807) is 49.6 Å². The number of nitrogen functional groups attached to an aromatic ring is 1. The average molecular weight is 307 g/mol. The Morgan fingerprint density at radius 1 is 1.00 bits per heavy atom. The van der Waals surface area contributed by atoms with Gasteiger partial charge in [0.1, 0.15) is 18.1 Å². The molecule has 0 saturated carbocycles. The third-order valence-electron chi connectivity index (χ3n) is 2.93. The van der Waals surface area contributed by atoms with Gasteiger partial charge in [-0.15, -0.1) is 0 Å². The molecule has 0 atom stereocenters. The highest BCUT2D eigenvalue weighted by molar-refractivity contribution is 7.91. The zero-order valence-electron chi connectivity index (χ0n) is 11.7. The SMILES string of the molecule is COc1ccc(OCCS(=O)(=O)c2ccccc2N)cc1. The molecule has 0 amide bonds. The Kier molecular flexibility index (Phi) is 4.70. The standard InChI is InChI=1S/C15H17NO4S/c1-19-12-6-8-13(9-7-12)20-10-11-21(17,18)15-5-3-2-4-14(15)16/h2-9H,10-11,16H2,1H3. The Morgan fingerprint density at radius 3 is 2.24 bits per heavy atom. The Morgan fingerprint density at radius 2 is 1.62 bits per heavy atom. The summed E-state index contributed by atoms with van der Waals surface area (Å²) in [6.45, 7) is 0.0585. The van der Waals surface area contributed by atoms with Crippen LogP contribution in [-0.4, -0.2) is 27.9 Å². The van der Waals surface area contributed by atoms with Crippen molar-refractivity contribution < 1.29 is 17.9 Å². The maximum Gasteiger partial charge on any atom is 0.183 e. The molecule has 6 heteroatoms. The molecule has 0 heterocycles. The van der Waals surface area contributed by atoms with Crippen LogP contribution in [0.15, 0.2) is 53.4 Å². The van der Waals surface area contributed by atoms with Crippen LogP contribution in [0.3, 0.4) is 0 Å². The third kappa shape index (κ3) is 3.88. The van der Waals surface area contributed by atoms with Gasteiger partial charge in [0.2, 0.25) is 0 Å². The Balaban J connectivity index is 1.97. The van der Waals surface area contributed by atoms with Crippen LogP contribution in [0.4, 0.5) is 5.69 Å². The van der Waals surface area contributed by atoms with Crippen molar-refractivity contribution in [2.45, 2.75) is 4.90 Å². The summed E-state index contributed by atoms with van der Waals surface area (Å²) in [5, 5.41) is 0. The van der Waals surface area contributed by atoms with Crippen LogP contribution in [0.1, 0.15) is 0 Å². The summed E-state index contributed by atoms with van der Waals surface area (Å²) < 4.78 is 34.8. The van der Waals surface area contributed by atoms with Gasteiger partial charge in [-0.1, -0.05) is 12.1 Å². The average Bonchev–Trinajstić information content (AvgIpc) is 2.48. The lowest BCUT2D eigenvalue weighted by Gasteiger charge is -2.09. The van der Waals surface area contributed by atoms with Crippen LogP contribution in [-0.2, 0) is 9.84 Å². The zero-order chi connectivity index (χ0) is 15.3. The van der Waals surface area contributed by atoms with Crippen molar-refractivity contribution in [3.63, 3.8) is 0 Å². The number of benzene rings is 2. The van der Waals surface area contributed by atoms with Crippen molar-refractivity contribution in [1.29, 1.82) is 0 Å². The van der Waals surface area contributed by atoms with E-state index < -0.39 is 9.84 Å². The molecule has 0 aromatic heterocycles. The number of para-hydroxylation sites is 1. The molecule has 0 bridgehead atoms. The molecular formula is C15H17NO4S. The number of anilines is 1. The van der Waals surface area contributed by atoms with Crippen LogP contribution in [0.25, 0.3) is 0 Å². The molecule has 5 nitrogen and oxygen atoms in total. The van der Waals surface area contributed by atoms with E-state index in [-0.39, 0.29) is 22.9 Å².